The van der Waals surface area contributed by atoms with Crippen molar-refractivity contribution in [2.45, 2.75) is 19.7 Å². The summed E-state index contributed by atoms with van der Waals surface area (Å²) in [5, 5.41) is 19.4. The van der Waals surface area contributed by atoms with Crippen molar-refractivity contribution in [3.63, 3.8) is 0 Å². The molecule has 12 heteroatoms. The number of halogens is 3. The number of aromatic nitrogens is 2. The van der Waals surface area contributed by atoms with E-state index in [0.29, 0.717) is 28.1 Å². The number of rotatable bonds is 9. The Hall–Kier alpha value is -4.22. The first-order chi connectivity index (χ1) is 16.3. The molecule has 2 aromatic carbocycles. The van der Waals surface area contributed by atoms with Crippen LogP contribution in [0, 0.1) is 0 Å². The zero-order valence-electron chi connectivity index (χ0n) is 18.4. The molecular formula is C22H20F3N5O4. The molecule has 1 heterocycles. The van der Waals surface area contributed by atoms with Crippen LogP contribution in [-0.2, 0) is 27.3 Å². The molecule has 0 aliphatic heterocycles. The highest BCUT2D eigenvalue weighted by molar-refractivity contribution is 6.47. The number of oxime groups is 3. The van der Waals surface area contributed by atoms with Crippen molar-refractivity contribution in [1.29, 1.82) is 0 Å². The van der Waals surface area contributed by atoms with Gasteiger partial charge in [-0.15, -0.1) is 10.2 Å². The molecule has 0 fully saturated rings. The predicted octanol–water partition coefficient (Wildman–Crippen LogP) is 4.43. The predicted molar refractivity (Wildman–Crippen MR) is 116 cm³/mol. The van der Waals surface area contributed by atoms with Crippen molar-refractivity contribution in [3.05, 3.63) is 83.1 Å². The number of hydrogen-bond acceptors (Lipinski definition) is 9. The Morgan fingerprint density at radius 1 is 0.971 bits per heavy atom. The van der Waals surface area contributed by atoms with E-state index >= 15 is 0 Å². The maximum atomic E-state index is 12.9. The van der Waals surface area contributed by atoms with Gasteiger partial charge in [0.2, 0.25) is 6.39 Å². The van der Waals surface area contributed by atoms with Gasteiger partial charge in [0.1, 0.15) is 32.2 Å². The van der Waals surface area contributed by atoms with Crippen LogP contribution in [0.25, 0.3) is 0 Å². The minimum absolute atomic E-state index is 0.0255. The monoisotopic (exact) mass is 475 g/mol. The second kappa shape index (κ2) is 11.1. The second-order valence-corrected chi connectivity index (χ2v) is 6.67. The molecule has 0 N–H and O–H groups in total. The lowest BCUT2D eigenvalue weighted by atomic mass is 10.0. The molecule has 0 amide bonds. The molecule has 3 aromatic rings. The van der Waals surface area contributed by atoms with E-state index in [1.54, 1.807) is 31.2 Å². The topological polar surface area (TPSA) is 104 Å². The summed E-state index contributed by atoms with van der Waals surface area (Å²) in [6, 6.07) is 11.6. The molecule has 0 atom stereocenters. The summed E-state index contributed by atoms with van der Waals surface area (Å²) in [7, 11) is 2.71. The maximum Gasteiger partial charge on any atom is 0.416 e. The highest BCUT2D eigenvalue weighted by Gasteiger charge is 2.30. The maximum absolute atomic E-state index is 12.9. The average molecular weight is 475 g/mol. The van der Waals surface area contributed by atoms with Crippen molar-refractivity contribution >= 4 is 17.1 Å². The third kappa shape index (κ3) is 5.97. The first-order valence-electron chi connectivity index (χ1n) is 9.76. The third-order valence-corrected chi connectivity index (χ3v) is 4.45. The molecule has 0 unspecified atom stereocenters. The molecule has 34 heavy (non-hydrogen) atoms. The number of nitrogens with zero attached hydrogens (tertiary/aromatic N) is 5. The summed E-state index contributed by atoms with van der Waals surface area (Å²) in [6.45, 7) is 1.62. The minimum atomic E-state index is -4.44. The Balaban J connectivity index is 1.81. The molecule has 0 aliphatic carbocycles. The van der Waals surface area contributed by atoms with Crippen LogP contribution >= 0.6 is 0 Å². The van der Waals surface area contributed by atoms with Crippen molar-refractivity contribution in [3.8, 4) is 0 Å². The van der Waals surface area contributed by atoms with E-state index in [1.807, 2.05) is 0 Å². The van der Waals surface area contributed by atoms with Crippen molar-refractivity contribution in [2.24, 2.45) is 15.5 Å². The highest BCUT2D eigenvalue weighted by atomic mass is 19.4. The summed E-state index contributed by atoms with van der Waals surface area (Å²) in [4.78, 5) is 15.2. The van der Waals surface area contributed by atoms with Crippen LogP contribution in [0.3, 0.4) is 0 Å². The SMILES string of the molecule is CO/N=C(/C(C)=N/OCc1ccccc1/C(=N\OC)c1nnco1)c1ccc(C(F)(F)F)cc1. The van der Waals surface area contributed by atoms with Crippen molar-refractivity contribution in [1.82, 2.24) is 10.2 Å². The van der Waals surface area contributed by atoms with Gasteiger partial charge in [0.25, 0.3) is 5.89 Å². The molecule has 0 bridgehead atoms. The number of benzene rings is 2. The zero-order valence-corrected chi connectivity index (χ0v) is 18.4. The fourth-order valence-electron chi connectivity index (χ4n) is 2.93. The van der Waals surface area contributed by atoms with Crippen molar-refractivity contribution < 1.29 is 32.1 Å². The summed E-state index contributed by atoms with van der Waals surface area (Å²) < 4.78 is 43.8. The smallest absolute Gasteiger partial charge is 0.416 e. The van der Waals surface area contributed by atoms with Gasteiger partial charge in [-0.25, -0.2) is 0 Å². The van der Waals surface area contributed by atoms with Gasteiger partial charge >= 0.3 is 6.18 Å². The van der Waals surface area contributed by atoms with E-state index in [9.17, 15) is 13.2 Å². The van der Waals surface area contributed by atoms with Gasteiger partial charge in [-0.05, 0) is 19.1 Å². The Morgan fingerprint density at radius 2 is 1.68 bits per heavy atom. The van der Waals surface area contributed by atoms with Crippen molar-refractivity contribution in [2.75, 3.05) is 14.2 Å². The Labute approximate surface area is 192 Å². The van der Waals surface area contributed by atoms with Crippen LogP contribution in [-0.4, -0.2) is 41.6 Å². The first kappa shape index (κ1) is 24.4. The van der Waals surface area contributed by atoms with E-state index < -0.39 is 11.7 Å². The molecule has 1 aromatic heterocycles. The van der Waals surface area contributed by atoms with Crippen LogP contribution in [0.15, 0.2) is 74.8 Å². The Bertz CT molecular complexity index is 1170. The van der Waals surface area contributed by atoms with E-state index in [0.717, 1.165) is 12.1 Å². The zero-order chi connectivity index (χ0) is 24.6. The third-order valence-electron chi connectivity index (χ3n) is 4.45. The molecular weight excluding hydrogens is 455 g/mol. The summed E-state index contributed by atoms with van der Waals surface area (Å²) >= 11 is 0. The van der Waals surface area contributed by atoms with Gasteiger partial charge in [-0.1, -0.05) is 51.9 Å². The fraction of sp³-hybridized carbons (Fsp3) is 0.227. The lowest BCUT2D eigenvalue weighted by molar-refractivity contribution is -0.137. The second-order valence-electron chi connectivity index (χ2n) is 6.67. The van der Waals surface area contributed by atoms with Gasteiger partial charge in [0.05, 0.1) is 5.56 Å². The van der Waals surface area contributed by atoms with Crippen LogP contribution in [0.5, 0.6) is 0 Å². The molecule has 9 nitrogen and oxygen atoms in total. The Morgan fingerprint density at radius 3 is 2.29 bits per heavy atom. The molecule has 0 saturated carbocycles. The first-order valence-corrected chi connectivity index (χ1v) is 9.76. The van der Waals surface area contributed by atoms with Gasteiger partial charge < -0.3 is 18.9 Å². The largest absolute Gasteiger partial charge is 0.422 e. The van der Waals surface area contributed by atoms with Crippen LogP contribution in [0.1, 0.15) is 35.1 Å². The summed E-state index contributed by atoms with van der Waals surface area (Å²) in [5.41, 5.74) is 1.74. The molecule has 0 saturated heterocycles. The average Bonchev–Trinajstić information content (AvgIpc) is 3.35. The van der Waals surface area contributed by atoms with E-state index in [-0.39, 0.29) is 18.2 Å². The number of alkyl halides is 3. The quantitative estimate of drug-likeness (QED) is 0.335. The van der Waals surface area contributed by atoms with Gasteiger partial charge in [-0.3, -0.25) is 0 Å². The summed E-state index contributed by atoms with van der Waals surface area (Å²) in [5.74, 6) is 0.158. The normalized spacial score (nSPS) is 13.1. The highest BCUT2D eigenvalue weighted by Crippen LogP contribution is 2.29. The van der Waals surface area contributed by atoms with E-state index in [1.165, 1.54) is 32.7 Å². The molecule has 178 valence electrons. The van der Waals surface area contributed by atoms with Gasteiger partial charge in [0, 0.05) is 16.7 Å². The molecule has 3 rings (SSSR count). The number of hydrogen-bond donors (Lipinski definition) is 0. The molecule has 0 spiro atoms. The minimum Gasteiger partial charge on any atom is -0.422 e. The van der Waals surface area contributed by atoms with Gasteiger partial charge in [-0.2, -0.15) is 13.2 Å². The molecule has 0 aliphatic rings. The fourth-order valence-corrected chi connectivity index (χ4v) is 2.93. The van der Waals surface area contributed by atoms with E-state index in [4.69, 9.17) is 18.9 Å². The van der Waals surface area contributed by atoms with Crippen LogP contribution in [0.4, 0.5) is 13.2 Å². The summed E-state index contributed by atoms with van der Waals surface area (Å²) in [6.07, 6.45) is -3.27. The lowest BCUT2D eigenvalue weighted by Crippen LogP contribution is -2.14. The standard InChI is InChI=1S/C22H20F3N5O4/c1-14(19(29-31-2)15-8-10-17(11-9-15)22(23,24)25)28-34-12-16-6-4-5-7-18(16)20(30-32-3)21-27-26-13-33-21/h4-11,13H,12H2,1-3H3/b28-14+,29-19-,30-20+. The lowest BCUT2D eigenvalue weighted by Gasteiger charge is -2.10. The van der Waals surface area contributed by atoms with Crippen LogP contribution < -0.4 is 0 Å². The van der Waals surface area contributed by atoms with E-state index in [2.05, 4.69) is 25.7 Å². The molecule has 0 radical (unpaired) electrons. The van der Waals surface area contributed by atoms with Crippen LogP contribution in [0.2, 0.25) is 0 Å². The van der Waals surface area contributed by atoms with Gasteiger partial charge in [0.15, 0.2) is 5.71 Å². The Kier molecular flexibility index (Phi) is 7.96.